The highest BCUT2D eigenvalue weighted by Crippen LogP contribution is 2.30. The van der Waals surface area contributed by atoms with Crippen molar-refractivity contribution in [2.75, 3.05) is 7.11 Å². The molecule has 0 saturated heterocycles. The first kappa shape index (κ1) is 21.8. The van der Waals surface area contributed by atoms with Crippen LogP contribution >= 0.6 is 11.8 Å². The van der Waals surface area contributed by atoms with Gasteiger partial charge in [-0.3, -0.25) is 14.2 Å². The van der Waals surface area contributed by atoms with E-state index in [1.165, 1.54) is 29.3 Å². The molecule has 3 aromatic carbocycles. The zero-order valence-corrected chi connectivity index (χ0v) is 18.7. The van der Waals surface area contributed by atoms with Gasteiger partial charge in [0.05, 0.1) is 23.7 Å². The van der Waals surface area contributed by atoms with Gasteiger partial charge in [0.1, 0.15) is 11.6 Å². The number of hydrogen-bond donors (Lipinski definition) is 0. The molecule has 0 bridgehead atoms. The Bertz CT molecular complexity index is 1400. The number of carbonyl (C=O) groups is 1. The molecule has 0 atom stereocenters. The van der Waals surface area contributed by atoms with Crippen LogP contribution in [0.1, 0.15) is 28.4 Å². The van der Waals surface area contributed by atoms with E-state index in [2.05, 4.69) is 4.98 Å². The summed E-state index contributed by atoms with van der Waals surface area (Å²) in [5, 5.41) is 0.876. The van der Waals surface area contributed by atoms with E-state index in [1.54, 1.807) is 62.6 Å². The lowest BCUT2D eigenvalue weighted by atomic mass is 10.1. The maximum absolute atomic E-state index is 14.3. The number of benzene rings is 3. The van der Waals surface area contributed by atoms with Crippen LogP contribution in [0.3, 0.4) is 0 Å². The summed E-state index contributed by atoms with van der Waals surface area (Å²) < 4.78 is 21.2. The Labute approximate surface area is 188 Å². The maximum atomic E-state index is 14.3. The number of fused-ring (bicyclic) bond motifs is 1. The molecule has 0 unspecified atom stereocenters. The first-order chi connectivity index (χ1) is 15.4. The van der Waals surface area contributed by atoms with Gasteiger partial charge in [0.15, 0.2) is 10.9 Å². The molecule has 4 aromatic rings. The number of thioether (sulfide) groups is 1. The van der Waals surface area contributed by atoms with Crippen LogP contribution in [0.15, 0.2) is 70.6 Å². The van der Waals surface area contributed by atoms with E-state index in [4.69, 9.17) is 4.74 Å². The third kappa shape index (κ3) is 4.16. The van der Waals surface area contributed by atoms with Gasteiger partial charge in [-0.05, 0) is 61.9 Å². The standard InChI is InChI=1S/C25H21FN2O3S/c1-15-8-10-19(13-21(15)26)28-24(30)20-6-4-5-7-22(20)27-25(28)32-14-18-12-17(16(2)29)9-11-23(18)31-3/h4-13H,14H2,1-3H3. The third-order valence-electron chi connectivity index (χ3n) is 5.20. The van der Waals surface area contributed by atoms with E-state index in [-0.39, 0.29) is 11.3 Å². The third-order valence-corrected chi connectivity index (χ3v) is 6.19. The Morgan fingerprint density at radius 3 is 2.62 bits per heavy atom. The predicted molar refractivity (Wildman–Crippen MR) is 125 cm³/mol. The number of methoxy groups -OCH3 is 1. The van der Waals surface area contributed by atoms with Crippen molar-refractivity contribution in [1.82, 2.24) is 9.55 Å². The minimum atomic E-state index is -0.394. The number of aryl methyl sites for hydroxylation is 1. The van der Waals surface area contributed by atoms with E-state index < -0.39 is 5.82 Å². The van der Waals surface area contributed by atoms with Crippen LogP contribution in [0.25, 0.3) is 16.6 Å². The average Bonchev–Trinajstić information content (AvgIpc) is 2.79. The lowest BCUT2D eigenvalue weighted by molar-refractivity contribution is 0.101. The predicted octanol–water partition coefficient (Wildman–Crippen LogP) is 5.34. The molecule has 0 spiro atoms. The Kier molecular flexibility index (Phi) is 6.10. The fourth-order valence-electron chi connectivity index (χ4n) is 3.41. The fourth-order valence-corrected chi connectivity index (χ4v) is 4.40. The van der Waals surface area contributed by atoms with Gasteiger partial charge >= 0.3 is 0 Å². The lowest BCUT2D eigenvalue weighted by Gasteiger charge is -2.15. The van der Waals surface area contributed by atoms with E-state index in [0.717, 1.165) is 5.56 Å². The minimum absolute atomic E-state index is 0.0465. The van der Waals surface area contributed by atoms with Crippen molar-refractivity contribution >= 4 is 28.4 Å². The number of nitrogens with zero attached hydrogens (tertiary/aromatic N) is 2. The zero-order valence-electron chi connectivity index (χ0n) is 17.9. The van der Waals surface area contributed by atoms with Crippen LogP contribution < -0.4 is 10.3 Å². The van der Waals surface area contributed by atoms with Crippen molar-refractivity contribution in [1.29, 1.82) is 0 Å². The normalized spacial score (nSPS) is 11.0. The molecule has 0 fully saturated rings. The molecule has 0 radical (unpaired) electrons. The molecule has 1 heterocycles. The number of ether oxygens (including phenoxy) is 1. The van der Waals surface area contributed by atoms with Crippen molar-refractivity contribution in [3.05, 3.63) is 93.5 Å². The molecule has 0 saturated carbocycles. The number of aromatic nitrogens is 2. The molecule has 162 valence electrons. The monoisotopic (exact) mass is 448 g/mol. The summed E-state index contributed by atoms with van der Waals surface area (Å²) in [7, 11) is 1.57. The first-order valence-electron chi connectivity index (χ1n) is 9.98. The van der Waals surface area contributed by atoms with Crippen molar-refractivity contribution in [3.8, 4) is 11.4 Å². The molecule has 0 aliphatic heterocycles. The van der Waals surface area contributed by atoms with E-state index in [9.17, 15) is 14.0 Å². The second-order valence-corrected chi connectivity index (χ2v) is 8.30. The summed E-state index contributed by atoms with van der Waals surface area (Å²) in [4.78, 5) is 29.9. The number of para-hydroxylation sites is 1. The molecule has 0 aliphatic carbocycles. The molecule has 32 heavy (non-hydrogen) atoms. The summed E-state index contributed by atoms with van der Waals surface area (Å²) in [6.07, 6.45) is 0. The Morgan fingerprint density at radius 1 is 1.12 bits per heavy atom. The molecular formula is C25H21FN2O3S. The van der Waals surface area contributed by atoms with Gasteiger partial charge in [-0.15, -0.1) is 0 Å². The summed E-state index contributed by atoms with van der Waals surface area (Å²) >= 11 is 1.32. The largest absolute Gasteiger partial charge is 0.496 e. The van der Waals surface area contributed by atoms with Crippen LogP contribution in [0.2, 0.25) is 0 Å². The maximum Gasteiger partial charge on any atom is 0.266 e. The Balaban J connectivity index is 1.84. The molecule has 4 rings (SSSR count). The van der Waals surface area contributed by atoms with Gasteiger partial charge in [0.2, 0.25) is 0 Å². The van der Waals surface area contributed by atoms with Gasteiger partial charge in [-0.2, -0.15) is 0 Å². The molecule has 7 heteroatoms. The van der Waals surface area contributed by atoms with Crippen LogP contribution in [0.5, 0.6) is 5.75 Å². The van der Waals surface area contributed by atoms with Gasteiger partial charge in [-0.1, -0.05) is 30.0 Å². The number of halogens is 1. The van der Waals surface area contributed by atoms with Crippen LogP contribution in [-0.2, 0) is 5.75 Å². The topological polar surface area (TPSA) is 61.2 Å². The van der Waals surface area contributed by atoms with Crippen LogP contribution in [0.4, 0.5) is 4.39 Å². The van der Waals surface area contributed by atoms with Gasteiger partial charge < -0.3 is 4.74 Å². The Morgan fingerprint density at radius 2 is 1.91 bits per heavy atom. The molecule has 0 N–H and O–H groups in total. The SMILES string of the molecule is COc1ccc(C(C)=O)cc1CSc1nc2ccccc2c(=O)n1-c1ccc(C)c(F)c1. The van der Waals surface area contributed by atoms with Crippen molar-refractivity contribution in [3.63, 3.8) is 0 Å². The number of hydrogen-bond acceptors (Lipinski definition) is 5. The smallest absolute Gasteiger partial charge is 0.266 e. The van der Waals surface area contributed by atoms with Crippen LogP contribution in [-0.4, -0.2) is 22.4 Å². The van der Waals surface area contributed by atoms with Gasteiger partial charge in [-0.25, -0.2) is 9.37 Å². The van der Waals surface area contributed by atoms with E-state index in [1.807, 2.05) is 6.07 Å². The first-order valence-corrected chi connectivity index (χ1v) is 11.0. The van der Waals surface area contributed by atoms with Crippen LogP contribution in [0, 0.1) is 12.7 Å². The minimum Gasteiger partial charge on any atom is -0.496 e. The van der Waals surface area contributed by atoms with Crippen molar-refractivity contribution in [2.24, 2.45) is 0 Å². The van der Waals surface area contributed by atoms with Gasteiger partial charge in [0.25, 0.3) is 5.56 Å². The number of rotatable bonds is 6. The highest BCUT2D eigenvalue weighted by molar-refractivity contribution is 7.98. The number of Topliss-reactive ketones (excluding diaryl/α,β-unsaturated/α-hetero) is 1. The summed E-state index contributed by atoms with van der Waals surface area (Å²) in [5.41, 5.74) is 2.57. The molecular weight excluding hydrogens is 427 g/mol. The average molecular weight is 449 g/mol. The molecule has 1 aromatic heterocycles. The zero-order chi connectivity index (χ0) is 22.8. The summed E-state index contributed by atoms with van der Waals surface area (Å²) in [6, 6.07) is 17.0. The van der Waals surface area contributed by atoms with Crippen molar-refractivity contribution < 1.29 is 13.9 Å². The van der Waals surface area contributed by atoms with E-state index in [0.29, 0.717) is 44.4 Å². The summed E-state index contributed by atoms with van der Waals surface area (Å²) in [5.74, 6) is 0.603. The second-order valence-electron chi connectivity index (χ2n) is 7.36. The van der Waals surface area contributed by atoms with E-state index >= 15 is 0 Å². The summed E-state index contributed by atoms with van der Waals surface area (Å²) in [6.45, 7) is 3.18. The van der Waals surface area contributed by atoms with Crippen molar-refractivity contribution in [2.45, 2.75) is 24.8 Å². The highest BCUT2D eigenvalue weighted by Gasteiger charge is 2.16. The lowest BCUT2D eigenvalue weighted by Crippen LogP contribution is -2.22. The number of ketones is 1. The number of carbonyl (C=O) groups excluding carboxylic acids is 1. The highest BCUT2D eigenvalue weighted by atomic mass is 32.2. The Hall–Kier alpha value is -3.45. The fraction of sp³-hybridized carbons (Fsp3) is 0.160. The molecule has 0 amide bonds. The molecule has 5 nitrogen and oxygen atoms in total. The quantitative estimate of drug-likeness (QED) is 0.226. The van der Waals surface area contributed by atoms with Gasteiger partial charge in [0, 0.05) is 16.9 Å². The second kappa shape index (κ2) is 8.96. The molecule has 0 aliphatic rings.